The lowest BCUT2D eigenvalue weighted by Gasteiger charge is -2.22. The van der Waals surface area contributed by atoms with Gasteiger partial charge in [-0.05, 0) is 26.2 Å². The highest BCUT2D eigenvalue weighted by molar-refractivity contribution is 6.29. The second-order valence-electron chi connectivity index (χ2n) is 4.61. The smallest absolute Gasteiger partial charge is 0.135 e. The number of unbranched alkanes of at least 4 members (excludes halogenated alkanes) is 1. The first-order chi connectivity index (χ1) is 8.24. The summed E-state index contributed by atoms with van der Waals surface area (Å²) >= 11 is 6.08. The van der Waals surface area contributed by atoms with Gasteiger partial charge in [0.2, 0.25) is 0 Å². The van der Waals surface area contributed by atoms with Crippen LogP contribution in [-0.4, -0.2) is 23.1 Å². The van der Waals surface area contributed by atoms with Crippen LogP contribution in [0.15, 0.2) is 6.07 Å². The van der Waals surface area contributed by atoms with Crippen LogP contribution in [0.3, 0.4) is 0 Å². The minimum atomic E-state index is 0.553. The first-order valence-corrected chi connectivity index (χ1v) is 6.91. The van der Waals surface area contributed by atoms with Crippen LogP contribution < -0.4 is 4.90 Å². The Kier molecular flexibility index (Phi) is 4.21. The molecule has 1 aromatic rings. The van der Waals surface area contributed by atoms with Crippen LogP contribution in [0.4, 0.5) is 5.82 Å². The van der Waals surface area contributed by atoms with Crippen molar-refractivity contribution in [1.29, 1.82) is 0 Å². The van der Waals surface area contributed by atoms with E-state index >= 15 is 0 Å². The van der Waals surface area contributed by atoms with Crippen LogP contribution in [0.2, 0.25) is 5.15 Å². The van der Waals surface area contributed by atoms with Gasteiger partial charge in [0.05, 0.1) is 0 Å². The zero-order valence-electron chi connectivity index (χ0n) is 10.6. The summed E-state index contributed by atoms with van der Waals surface area (Å²) in [4.78, 5) is 11.3. The van der Waals surface area contributed by atoms with Gasteiger partial charge in [-0.3, -0.25) is 0 Å². The molecule has 0 spiro atoms. The van der Waals surface area contributed by atoms with E-state index in [4.69, 9.17) is 11.6 Å². The molecule has 17 heavy (non-hydrogen) atoms. The predicted molar refractivity (Wildman–Crippen MR) is 71.8 cm³/mol. The molecule has 1 aliphatic carbocycles. The zero-order valence-corrected chi connectivity index (χ0v) is 11.4. The number of halogens is 1. The van der Waals surface area contributed by atoms with Crippen LogP contribution >= 0.6 is 11.6 Å². The van der Waals surface area contributed by atoms with Crippen molar-refractivity contribution in [1.82, 2.24) is 9.97 Å². The molecular weight excluding hydrogens is 234 g/mol. The Morgan fingerprint density at radius 3 is 2.71 bits per heavy atom. The number of hydrogen-bond acceptors (Lipinski definition) is 3. The highest BCUT2D eigenvalue weighted by Gasteiger charge is 2.27. The topological polar surface area (TPSA) is 29.0 Å². The van der Waals surface area contributed by atoms with E-state index in [0.717, 1.165) is 24.7 Å². The van der Waals surface area contributed by atoms with E-state index in [1.54, 1.807) is 0 Å². The van der Waals surface area contributed by atoms with Gasteiger partial charge < -0.3 is 4.90 Å². The molecule has 1 saturated carbocycles. The van der Waals surface area contributed by atoms with Crippen LogP contribution in [-0.2, 0) is 0 Å². The van der Waals surface area contributed by atoms with Gasteiger partial charge >= 0.3 is 0 Å². The zero-order chi connectivity index (χ0) is 12.3. The molecule has 1 aliphatic rings. The molecular formula is C13H20ClN3. The maximum Gasteiger partial charge on any atom is 0.135 e. The van der Waals surface area contributed by atoms with Gasteiger partial charge in [0.1, 0.15) is 16.8 Å². The number of anilines is 1. The molecule has 0 aliphatic heterocycles. The van der Waals surface area contributed by atoms with E-state index in [0.29, 0.717) is 11.1 Å². The lowest BCUT2D eigenvalue weighted by Crippen LogP contribution is -2.25. The molecule has 0 saturated heterocycles. The van der Waals surface area contributed by atoms with E-state index in [1.165, 1.54) is 25.7 Å². The maximum absolute atomic E-state index is 6.08. The molecule has 1 aromatic heterocycles. The van der Waals surface area contributed by atoms with Crippen molar-refractivity contribution in [3.05, 3.63) is 17.0 Å². The van der Waals surface area contributed by atoms with E-state index in [2.05, 4.69) is 28.7 Å². The summed E-state index contributed by atoms with van der Waals surface area (Å²) in [6, 6.07) is 1.88. The number of aromatic nitrogens is 2. The van der Waals surface area contributed by atoms with Gasteiger partial charge in [-0.25, -0.2) is 9.97 Å². The van der Waals surface area contributed by atoms with Crippen LogP contribution in [0, 0.1) is 0 Å². The summed E-state index contributed by atoms with van der Waals surface area (Å²) in [6.07, 6.45) is 4.81. The highest BCUT2D eigenvalue weighted by atomic mass is 35.5. The van der Waals surface area contributed by atoms with Crippen molar-refractivity contribution in [3.8, 4) is 0 Å². The number of rotatable bonds is 6. The van der Waals surface area contributed by atoms with E-state index in [-0.39, 0.29) is 0 Å². The molecule has 0 aromatic carbocycles. The van der Waals surface area contributed by atoms with Crippen molar-refractivity contribution in [2.75, 3.05) is 18.0 Å². The molecule has 94 valence electrons. The fourth-order valence-corrected chi connectivity index (χ4v) is 2.08. The predicted octanol–water partition coefficient (Wildman–Crippen LogP) is 3.63. The van der Waals surface area contributed by atoms with E-state index in [1.807, 2.05) is 6.07 Å². The van der Waals surface area contributed by atoms with Crippen molar-refractivity contribution in [2.24, 2.45) is 0 Å². The summed E-state index contributed by atoms with van der Waals surface area (Å²) in [5.41, 5.74) is 0. The minimum absolute atomic E-state index is 0.553. The first kappa shape index (κ1) is 12.6. The standard InChI is InChI=1S/C13H20ClN3/c1-3-5-8-17(4-2)12-9-11(14)15-13(16-12)10-6-7-10/h9-10H,3-8H2,1-2H3. The average molecular weight is 254 g/mol. The Balaban J connectivity index is 2.16. The Labute approximate surface area is 108 Å². The van der Waals surface area contributed by atoms with Gasteiger partial charge in [0.25, 0.3) is 0 Å². The van der Waals surface area contributed by atoms with Gasteiger partial charge in [0, 0.05) is 25.1 Å². The van der Waals surface area contributed by atoms with Gasteiger partial charge in [-0.2, -0.15) is 0 Å². The molecule has 0 unspecified atom stereocenters. The molecule has 0 bridgehead atoms. The summed E-state index contributed by atoms with van der Waals surface area (Å²) in [5.74, 6) is 2.47. The van der Waals surface area contributed by atoms with Crippen molar-refractivity contribution in [3.63, 3.8) is 0 Å². The normalized spacial score (nSPS) is 15.0. The molecule has 1 fully saturated rings. The molecule has 2 rings (SSSR count). The maximum atomic E-state index is 6.08. The Morgan fingerprint density at radius 1 is 1.35 bits per heavy atom. The molecule has 0 atom stereocenters. The third kappa shape index (κ3) is 3.32. The fourth-order valence-electron chi connectivity index (χ4n) is 1.89. The van der Waals surface area contributed by atoms with Crippen LogP contribution in [0.5, 0.6) is 0 Å². The SMILES string of the molecule is CCCCN(CC)c1cc(Cl)nc(C2CC2)n1. The summed E-state index contributed by atoms with van der Waals surface area (Å²) in [6.45, 7) is 6.38. The van der Waals surface area contributed by atoms with E-state index in [9.17, 15) is 0 Å². The first-order valence-electron chi connectivity index (χ1n) is 6.54. The minimum Gasteiger partial charge on any atom is -0.357 e. The molecule has 0 amide bonds. The lowest BCUT2D eigenvalue weighted by atomic mass is 10.3. The van der Waals surface area contributed by atoms with Crippen LogP contribution in [0.1, 0.15) is 51.3 Å². The third-order valence-electron chi connectivity index (χ3n) is 3.13. The summed E-state index contributed by atoms with van der Waals surface area (Å²) < 4.78 is 0. The van der Waals surface area contributed by atoms with Crippen molar-refractivity contribution < 1.29 is 0 Å². The second-order valence-corrected chi connectivity index (χ2v) is 5.00. The second kappa shape index (κ2) is 5.67. The van der Waals surface area contributed by atoms with Crippen LogP contribution in [0.25, 0.3) is 0 Å². The van der Waals surface area contributed by atoms with Crippen molar-refractivity contribution in [2.45, 2.75) is 45.4 Å². The summed E-state index contributed by atoms with van der Waals surface area (Å²) in [5, 5.41) is 0.576. The van der Waals surface area contributed by atoms with Gasteiger partial charge in [-0.1, -0.05) is 24.9 Å². The largest absolute Gasteiger partial charge is 0.357 e. The average Bonchev–Trinajstić information content (AvgIpc) is 3.13. The third-order valence-corrected chi connectivity index (χ3v) is 3.32. The summed E-state index contributed by atoms with van der Waals surface area (Å²) in [7, 11) is 0. The van der Waals surface area contributed by atoms with E-state index < -0.39 is 0 Å². The Hall–Kier alpha value is -0.830. The highest BCUT2D eigenvalue weighted by Crippen LogP contribution is 2.39. The fraction of sp³-hybridized carbons (Fsp3) is 0.692. The molecule has 4 heteroatoms. The monoisotopic (exact) mass is 253 g/mol. The molecule has 3 nitrogen and oxygen atoms in total. The quantitative estimate of drug-likeness (QED) is 0.725. The van der Waals surface area contributed by atoms with Gasteiger partial charge in [0.15, 0.2) is 0 Å². The Bertz CT molecular complexity index is 377. The van der Waals surface area contributed by atoms with Gasteiger partial charge in [-0.15, -0.1) is 0 Å². The molecule has 1 heterocycles. The molecule has 0 radical (unpaired) electrons. The number of nitrogens with zero attached hydrogens (tertiary/aromatic N) is 3. The molecule has 0 N–H and O–H groups in total. The van der Waals surface area contributed by atoms with Crippen molar-refractivity contribution >= 4 is 17.4 Å². The Morgan fingerprint density at radius 2 is 2.12 bits per heavy atom. The number of hydrogen-bond donors (Lipinski definition) is 0. The lowest BCUT2D eigenvalue weighted by molar-refractivity contribution is 0.718.